The van der Waals surface area contributed by atoms with E-state index in [4.69, 9.17) is 11.6 Å². The average molecular weight is 264 g/mol. The summed E-state index contributed by atoms with van der Waals surface area (Å²) >= 11 is 5.95. The molecule has 0 spiro atoms. The van der Waals surface area contributed by atoms with Gasteiger partial charge in [-0.3, -0.25) is 4.79 Å². The smallest absolute Gasteiger partial charge is 0.233 e. The van der Waals surface area contributed by atoms with E-state index in [1.165, 1.54) is 0 Å². The summed E-state index contributed by atoms with van der Waals surface area (Å²) < 4.78 is 0. The standard InChI is InChI=1S/C15H18ClNO/c16-13-6-4-12(5-7-13)15(8-1-2-9-15)14(18)17-10-3-11-17/h4-7H,1-3,8-11H2. The van der Waals surface area contributed by atoms with Crippen LogP contribution in [0.25, 0.3) is 0 Å². The van der Waals surface area contributed by atoms with Crippen molar-refractivity contribution in [3.05, 3.63) is 34.9 Å². The third-order valence-electron chi connectivity index (χ3n) is 4.41. The molecule has 2 nitrogen and oxygen atoms in total. The van der Waals surface area contributed by atoms with E-state index in [0.29, 0.717) is 5.91 Å². The highest BCUT2D eigenvalue weighted by atomic mass is 35.5. The molecule has 18 heavy (non-hydrogen) atoms. The molecule has 1 saturated heterocycles. The number of carbonyl (C=O) groups excluding carboxylic acids is 1. The number of carbonyl (C=O) groups is 1. The Kier molecular flexibility index (Phi) is 3.06. The maximum atomic E-state index is 12.7. The van der Waals surface area contributed by atoms with Gasteiger partial charge < -0.3 is 4.90 Å². The van der Waals surface area contributed by atoms with E-state index in [2.05, 4.69) is 0 Å². The van der Waals surface area contributed by atoms with E-state index in [-0.39, 0.29) is 5.41 Å². The van der Waals surface area contributed by atoms with Crippen LogP contribution in [0.2, 0.25) is 5.02 Å². The fraction of sp³-hybridized carbons (Fsp3) is 0.533. The van der Waals surface area contributed by atoms with Crippen LogP contribution in [0.5, 0.6) is 0 Å². The first-order valence-electron chi connectivity index (χ1n) is 6.78. The molecule has 2 fully saturated rings. The van der Waals surface area contributed by atoms with Gasteiger partial charge in [0.1, 0.15) is 0 Å². The molecule has 0 atom stereocenters. The summed E-state index contributed by atoms with van der Waals surface area (Å²) in [5.41, 5.74) is 0.895. The maximum Gasteiger partial charge on any atom is 0.233 e. The number of amides is 1. The number of hydrogen-bond acceptors (Lipinski definition) is 1. The summed E-state index contributed by atoms with van der Waals surface area (Å²) in [5.74, 6) is 0.341. The lowest BCUT2D eigenvalue weighted by Crippen LogP contribution is -2.51. The van der Waals surface area contributed by atoms with Crippen LogP contribution < -0.4 is 0 Å². The van der Waals surface area contributed by atoms with Crippen molar-refractivity contribution in [3.8, 4) is 0 Å². The van der Waals surface area contributed by atoms with Crippen molar-refractivity contribution in [3.63, 3.8) is 0 Å². The molecule has 3 heteroatoms. The van der Waals surface area contributed by atoms with Crippen LogP contribution in [-0.4, -0.2) is 23.9 Å². The molecule has 0 aromatic heterocycles. The molecule has 96 valence electrons. The van der Waals surface area contributed by atoms with Gasteiger partial charge in [0.25, 0.3) is 0 Å². The zero-order valence-electron chi connectivity index (χ0n) is 10.5. The Labute approximate surface area is 113 Å². The predicted octanol–water partition coefficient (Wildman–Crippen LogP) is 3.38. The third-order valence-corrected chi connectivity index (χ3v) is 4.66. The Bertz CT molecular complexity index is 444. The second-order valence-corrected chi connectivity index (χ2v) is 5.88. The lowest BCUT2D eigenvalue weighted by Gasteiger charge is -2.39. The molecule has 0 N–H and O–H groups in total. The maximum absolute atomic E-state index is 12.7. The summed E-state index contributed by atoms with van der Waals surface area (Å²) in [4.78, 5) is 14.7. The van der Waals surface area contributed by atoms with Crippen molar-refractivity contribution < 1.29 is 4.79 Å². The number of benzene rings is 1. The quantitative estimate of drug-likeness (QED) is 0.801. The molecule has 0 radical (unpaired) electrons. The van der Waals surface area contributed by atoms with Gasteiger partial charge in [-0.05, 0) is 37.0 Å². The van der Waals surface area contributed by atoms with Crippen molar-refractivity contribution in [2.24, 2.45) is 0 Å². The van der Waals surface area contributed by atoms with Gasteiger partial charge in [0, 0.05) is 18.1 Å². The first kappa shape index (κ1) is 12.0. The van der Waals surface area contributed by atoms with Gasteiger partial charge in [-0.2, -0.15) is 0 Å². The van der Waals surface area contributed by atoms with Crippen LogP contribution >= 0.6 is 11.6 Å². The van der Waals surface area contributed by atoms with Gasteiger partial charge in [-0.1, -0.05) is 36.6 Å². The first-order valence-corrected chi connectivity index (χ1v) is 7.16. The molecule has 1 amide bonds. The molecule has 1 aromatic rings. The molecule has 1 saturated carbocycles. The molecule has 0 unspecified atom stereocenters. The minimum Gasteiger partial charge on any atom is -0.342 e. The zero-order valence-corrected chi connectivity index (χ0v) is 11.2. The van der Waals surface area contributed by atoms with Crippen LogP contribution in [0.4, 0.5) is 0 Å². The normalized spacial score (nSPS) is 21.7. The molecule has 2 aliphatic rings. The van der Waals surface area contributed by atoms with Crippen molar-refractivity contribution >= 4 is 17.5 Å². The summed E-state index contributed by atoms with van der Waals surface area (Å²) in [5, 5.41) is 0.739. The van der Waals surface area contributed by atoms with Crippen molar-refractivity contribution in [1.29, 1.82) is 0 Å². The van der Waals surface area contributed by atoms with Crippen LogP contribution in [0.15, 0.2) is 24.3 Å². The van der Waals surface area contributed by atoms with E-state index in [1.54, 1.807) is 0 Å². The number of likely N-dealkylation sites (tertiary alicyclic amines) is 1. The van der Waals surface area contributed by atoms with E-state index in [1.807, 2.05) is 29.2 Å². The Balaban J connectivity index is 1.95. The Hall–Kier alpha value is -1.02. The van der Waals surface area contributed by atoms with Crippen LogP contribution in [-0.2, 0) is 10.2 Å². The van der Waals surface area contributed by atoms with Gasteiger partial charge in [0.05, 0.1) is 5.41 Å². The van der Waals surface area contributed by atoms with E-state index >= 15 is 0 Å². The molecule has 0 bridgehead atoms. The molecular formula is C15H18ClNO. The van der Waals surface area contributed by atoms with E-state index in [0.717, 1.165) is 55.8 Å². The highest BCUT2D eigenvalue weighted by Gasteiger charge is 2.45. The summed E-state index contributed by atoms with van der Waals surface area (Å²) in [6.45, 7) is 1.88. The average Bonchev–Trinajstić information content (AvgIpc) is 2.78. The number of nitrogens with zero attached hydrogens (tertiary/aromatic N) is 1. The topological polar surface area (TPSA) is 20.3 Å². The fourth-order valence-corrected chi connectivity index (χ4v) is 3.32. The van der Waals surface area contributed by atoms with Gasteiger partial charge >= 0.3 is 0 Å². The van der Waals surface area contributed by atoms with Crippen LogP contribution in [0.3, 0.4) is 0 Å². The largest absolute Gasteiger partial charge is 0.342 e. The number of hydrogen-bond donors (Lipinski definition) is 0. The van der Waals surface area contributed by atoms with Crippen LogP contribution in [0, 0.1) is 0 Å². The molecule has 1 aliphatic heterocycles. The van der Waals surface area contributed by atoms with E-state index in [9.17, 15) is 4.79 Å². The van der Waals surface area contributed by atoms with Crippen molar-refractivity contribution in [2.45, 2.75) is 37.5 Å². The highest BCUT2D eigenvalue weighted by Crippen LogP contribution is 2.43. The Morgan fingerprint density at radius 1 is 1.06 bits per heavy atom. The lowest BCUT2D eigenvalue weighted by molar-refractivity contribution is -0.140. The monoisotopic (exact) mass is 263 g/mol. The summed E-state index contributed by atoms with van der Waals surface area (Å²) in [6, 6.07) is 7.87. The second kappa shape index (κ2) is 4.58. The summed E-state index contributed by atoms with van der Waals surface area (Å²) in [6.07, 6.45) is 5.45. The molecular weight excluding hydrogens is 246 g/mol. The molecule has 3 rings (SSSR count). The zero-order chi connectivity index (χ0) is 12.6. The molecule has 1 heterocycles. The highest BCUT2D eigenvalue weighted by molar-refractivity contribution is 6.30. The van der Waals surface area contributed by atoms with Gasteiger partial charge in [-0.15, -0.1) is 0 Å². The first-order chi connectivity index (χ1) is 8.72. The van der Waals surface area contributed by atoms with Crippen LogP contribution in [0.1, 0.15) is 37.7 Å². The number of rotatable bonds is 2. The minimum absolute atomic E-state index is 0.259. The van der Waals surface area contributed by atoms with Gasteiger partial charge in [0.2, 0.25) is 5.91 Å². The Morgan fingerprint density at radius 3 is 2.17 bits per heavy atom. The number of halogens is 1. The minimum atomic E-state index is -0.259. The fourth-order valence-electron chi connectivity index (χ4n) is 3.20. The van der Waals surface area contributed by atoms with Crippen molar-refractivity contribution in [2.75, 3.05) is 13.1 Å². The second-order valence-electron chi connectivity index (χ2n) is 5.44. The molecule has 1 aromatic carbocycles. The van der Waals surface area contributed by atoms with Gasteiger partial charge in [-0.25, -0.2) is 0 Å². The van der Waals surface area contributed by atoms with Crippen molar-refractivity contribution in [1.82, 2.24) is 4.90 Å². The molecule has 1 aliphatic carbocycles. The predicted molar refractivity (Wildman–Crippen MR) is 72.8 cm³/mol. The summed E-state index contributed by atoms with van der Waals surface area (Å²) in [7, 11) is 0. The van der Waals surface area contributed by atoms with Gasteiger partial charge in [0.15, 0.2) is 0 Å². The lowest BCUT2D eigenvalue weighted by atomic mass is 9.77. The SMILES string of the molecule is O=C(N1CCC1)C1(c2ccc(Cl)cc2)CCCC1. The van der Waals surface area contributed by atoms with E-state index < -0.39 is 0 Å². The Morgan fingerprint density at radius 2 is 1.67 bits per heavy atom. The third kappa shape index (κ3) is 1.83.